The molecule has 0 radical (unpaired) electrons. The quantitative estimate of drug-likeness (QED) is 0.372. The molecule has 0 saturated heterocycles. The van der Waals surface area contributed by atoms with Gasteiger partial charge in [-0.2, -0.15) is 0 Å². The van der Waals surface area contributed by atoms with Crippen molar-refractivity contribution in [1.29, 1.82) is 0 Å². The van der Waals surface area contributed by atoms with Gasteiger partial charge in [0.15, 0.2) is 0 Å². The summed E-state index contributed by atoms with van der Waals surface area (Å²) in [5.74, 6) is 0. The molecule has 0 aliphatic carbocycles. The van der Waals surface area contributed by atoms with Crippen molar-refractivity contribution in [3.63, 3.8) is 0 Å². The molecule has 0 heterocycles. The van der Waals surface area contributed by atoms with E-state index in [-0.39, 0.29) is 6.54 Å². The summed E-state index contributed by atoms with van der Waals surface area (Å²) >= 11 is 5.65. The molecule has 0 amide bonds. The fourth-order valence-corrected chi connectivity index (χ4v) is 0.788. The highest BCUT2D eigenvalue weighted by atomic mass is 35.5. The summed E-state index contributed by atoms with van der Waals surface area (Å²) in [6, 6.07) is 0. The first-order valence-corrected chi connectivity index (χ1v) is 3.47. The average molecular weight is 175 g/mol. The standard InChI is InChI=1S/C7H11ClN2O/c1-5(10)2-7(8)6(3-9)4-11/h2,4H,3,9-10H2,1H3/b5-2-,7-6+. The first kappa shape index (κ1) is 10.2. The first-order chi connectivity index (χ1) is 5.11. The molecule has 0 aromatic rings. The highest BCUT2D eigenvalue weighted by Crippen LogP contribution is 2.09. The second kappa shape index (κ2) is 4.93. The lowest BCUT2D eigenvalue weighted by Crippen LogP contribution is -2.05. The van der Waals surface area contributed by atoms with E-state index in [1.165, 1.54) is 6.08 Å². The number of halogens is 1. The average Bonchev–Trinajstić information content (AvgIpc) is 1.88. The third-order valence-electron chi connectivity index (χ3n) is 1.02. The molecule has 0 saturated carbocycles. The molecule has 11 heavy (non-hydrogen) atoms. The van der Waals surface area contributed by atoms with Crippen LogP contribution < -0.4 is 11.5 Å². The lowest BCUT2D eigenvalue weighted by molar-refractivity contribution is -0.104. The van der Waals surface area contributed by atoms with Gasteiger partial charge in [0.25, 0.3) is 0 Å². The van der Waals surface area contributed by atoms with Crippen molar-refractivity contribution in [2.24, 2.45) is 11.5 Å². The van der Waals surface area contributed by atoms with E-state index in [4.69, 9.17) is 23.1 Å². The number of allylic oxidation sites excluding steroid dienone is 3. The molecule has 3 nitrogen and oxygen atoms in total. The summed E-state index contributed by atoms with van der Waals surface area (Å²) in [6.45, 7) is 1.81. The van der Waals surface area contributed by atoms with Crippen LogP contribution in [-0.2, 0) is 4.79 Å². The maximum absolute atomic E-state index is 10.3. The van der Waals surface area contributed by atoms with Crippen LogP contribution in [0.1, 0.15) is 6.92 Å². The maximum Gasteiger partial charge on any atom is 0.148 e. The molecule has 4 heteroatoms. The normalized spacial score (nSPS) is 14.3. The van der Waals surface area contributed by atoms with Gasteiger partial charge in [-0.1, -0.05) is 11.6 Å². The molecular weight excluding hydrogens is 164 g/mol. The molecule has 0 bridgehead atoms. The second-order valence-corrected chi connectivity index (χ2v) is 2.49. The van der Waals surface area contributed by atoms with Gasteiger partial charge in [0.05, 0.1) is 0 Å². The van der Waals surface area contributed by atoms with Crippen LogP contribution in [0.2, 0.25) is 0 Å². The summed E-state index contributed by atoms with van der Waals surface area (Å²) in [6.07, 6.45) is 2.12. The van der Waals surface area contributed by atoms with Crippen molar-refractivity contribution >= 4 is 17.9 Å². The smallest absolute Gasteiger partial charge is 0.148 e. The van der Waals surface area contributed by atoms with Crippen LogP contribution >= 0.6 is 11.6 Å². The van der Waals surface area contributed by atoms with Crippen molar-refractivity contribution in [1.82, 2.24) is 0 Å². The summed E-state index contributed by atoms with van der Waals surface area (Å²) in [5, 5.41) is 0.308. The van der Waals surface area contributed by atoms with E-state index in [2.05, 4.69) is 0 Å². The van der Waals surface area contributed by atoms with Crippen molar-refractivity contribution in [3.05, 3.63) is 22.4 Å². The molecule has 0 fully saturated rings. The van der Waals surface area contributed by atoms with Gasteiger partial charge in [0, 0.05) is 22.8 Å². The molecule has 0 aliphatic rings. The molecule has 0 unspecified atom stereocenters. The number of nitrogens with two attached hydrogens (primary N) is 2. The van der Waals surface area contributed by atoms with Gasteiger partial charge < -0.3 is 11.5 Å². The van der Waals surface area contributed by atoms with Gasteiger partial charge in [0.1, 0.15) is 6.29 Å². The SMILES string of the molecule is C/C(N)=C/C(Cl)=C(\C=O)CN. The van der Waals surface area contributed by atoms with Crippen molar-refractivity contribution in [2.45, 2.75) is 6.92 Å². The summed E-state index contributed by atoms with van der Waals surface area (Å²) in [7, 11) is 0. The molecule has 0 spiro atoms. The van der Waals surface area contributed by atoms with Crippen LogP contribution in [0.25, 0.3) is 0 Å². The Morgan fingerprint density at radius 1 is 1.64 bits per heavy atom. The molecule has 0 aromatic carbocycles. The van der Waals surface area contributed by atoms with E-state index in [0.29, 0.717) is 22.6 Å². The zero-order valence-electron chi connectivity index (χ0n) is 6.30. The Kier molecular flexibility index (Phi) is 4.57. The second-order valence-electron chi connectivity index (χ2n) is 2.08. The molecule has 0 aromatic heterocycles. The Bertz CT molecular complexity index is 204. The zero-order chi connectivity index (χ0) is 8.85. The maximum atomic E-state index is 10.3. The predicted molar refractivity (Wildman–Crippen MR) is 45.9 cm³/mol. The van der Waals surface area contributed by atoms with Crippen LogP contribution in [0, 0.1) is 0 Å². The van der Waals surface area contributed by atoms with Crippen molar-refractivity contribution < 1.29 is 4.79 Å². The first-order valence-electron chi connectivity index (χ1n) is 3.09. The molecular formula is C7H11ClN2O. The van der Waals surface area contributed by atoms with Crippen LogP contribution in [0.3, 0.4) is 0 Å². The molecule has 0 rings (SSSR count). The lowest BCUT2D eigenvalue weighted by Gasteiger charge is -1.96. The third-order valence-corrected chi connectivity index (χ3v) is 1.38. The van der Waals surface area contributed by atoms with E-state index in [1.807, 2.05) is 0 Å². The fraction of sp³-hybridized carbons (Fsp3) is 0.286. The van der Waals surface area contributed by atoms with E-state index in [9.17, 15) is 4.79 Å². The summed E-state index contributed by atoms with van der Waals surface area (Å²) in [5.41, 5.74) is 11.4. The Labute approximate surface area is 70.7 Å². The fourth-order valence-electron chi connectivity index (χ4n) is 0.494. The van der Waals surface area contributed by atoms with E-state index >= 15 is 0 Å². The molecule has 62 valence electrons. The minimum Gasteiger partial charge on any atom is -0.402 e. The van der Waals surface area contributed by atoms with Gasteiger partial charge in [-0.05, 0) is 13.0 Å². The number of aldehydes is 1. The van der Waals surface area contributed by atoms with Gasteiger partial charge in [-0.15, -0.1) is 0 Å². The Balaban J connectivity index is 4.62. The van der Waals surface area contributed by atoms with Crippen LogP contribution in [0.4, 0.5) is 0 Å². The van der Waals surface area contributed by atoms with Gasteiger partial charge in [0.2, 0.25) is 0 Å². The van der Waals surface area contributed by atoms with Crippen LogP contribution in [0.5, 0.6) is 0 Å². The van der Waals surface area contributed by atoms with Crippen molar-refractivity contribution in [2.75, 3.05) is 6.54 Å². The molecule has 0 aliphatic heterocycles. The van der Waals surface area contributed by atoms with E-state index in [0.717, 1.165) is 0 Å². The lowest BCUT2D eigenvalue weighted by atomic mass is 10.2. The number of hydrogen-bond acceptors (Lipinski definition) is 3. The van der Waals surface area contributed by atoms with E-state index < -0.39 is 0 Å². The minimum atomic E-state index is 0.131. The largest absolute Gasteiger partial charge is 0.402 e. The van der Waals surface area contributed by atoms with Gasteiger partial charge in [-0.3, -0.25) is 4.79 Å². The Hall–Kier alpha value is -0.800. The van der Waals surface area contributed by atoms with Crippen LogP contribution in [-0.4, -0.2) is 12.8 Å². The van der Waals surface area contributed by atoms with E-state index in [1.54, 1.807) is 6.92 Å². The predicted octanol–water partition coefficient (Wildman–Crippen LogP) is 0.499. The highest BCUT2D eigenvalue weighted by molar-refractivity contribution is 6.32. The molecule has 4 N–H and O–H groups in total. The van der Waals surface area contributed by atoms with Gasteiger partial charge >= 0.3 is 0 Å². The topological polar surface area (TPSA) is 69.1 Å². The summed E-state index contributed by atoms with van der Waals surface area (Å²) in [4.78, 5) is 10.3. The Morgan fingerprint density at radius 2 is 2.18 bits per heavy atom. The van der Waals surface area contributed by atoms with Crippen molar-refractivity contribution in [3.8, 4) is 0 Å². The molecule has 0 atom stereocenters. The minimum absolute atomic E-state index is 0.131. The Morgan fingerprint density at radius 3 is 2.45 bits per heavy atom. The van der Waals surface area contributed by atoms with Gasteiger partial charge in [-0.25, -0.2) is 0 Å². The highest BCUT2D eigenvalue weighted by Gasteiger charge is 1.97. The number of carbonyl (C=O) groups excluding carboxylic acids is 1. The number of carbonyl (C=O) groups is 1. The van der Waals surface area contributed by atoms with Crippen LogP contribution in [0.15, 0.2) is 22.4 Å². The summed E-state index contributed by atoms with van der Waals surface area (Å²) < 4.78 is 0. The third kappa shape index (κ3) is 3.80. The number of hydrogen-bond donors (Lipinski definition) is 2. The zero-order valence-corrected chi connectivity index (χ0v) is 7.06. The monoisotopic (exact) mass is 174 g/mol. The number of rotatable bonds is 3.